The van der Waals surface area contributed by atoms with Crippen molar-refractivity contribution in [1.29, 1.82) is 0 Å². The zero-order chi connectivity index (χ0) is 5.86. The quantitative estimate of drug-likeness (QED) is 0.305. The molecule has 0 radical (unpaired) electrons. The van der Waals surface area contributed by atoms with E-state index in [9.17, 15) is 9.59 Å². The van der Waals surface area contributed by atoms with Crippen LogP contribution in [0.5, 0.6) is 0 Å². The van der Waals surface area contributed by atoms with Crippen LogP contribution in [0.4, 0.5) is 9.59 Å². The molecule has 0 fully saturated rings. The fourth-order valence-electron chi connectivity index (χ4n) is 0.0747. The normalized spacial score (nSPS) is 6.50. The van der Waals surface area contributed by atoms with E-state index < -0.39 is 12.3 Å². The SMILES string of the molecule is O=C(O)OC(=O)O.[Fe]. The molecule has 0 unspecified atom stereocenters. The van der Waals surface area contributed by atoms with E-state index in [4.69, 9.17) is 10.2 Å². The maximum absolute atomic E-state index is 9.21. The van der Waals surface area contributed by atoms with Crippen LogP contribution in [0.15, 0.2) is 0 Å². The van der Waals surface area contributed by atoms with Crippen molar-refractivity contribution in [3.8, 4) is 0 Å². The molecular weight excluding hydrogens is 160 g/mol. The first kappa shape index (κ1) is 10.3. The van der Waals surface area contributed by atoms with Gasteiger partial charge in [0.2, 0.25) is 0 Å². The van der Waals surface area contributed by atoms with E-state index in [-0.39, 0.29) is 17.1 Å². The number of carboxylic acid groups (broad SMARTS) is 2. The van der Waals surface area contributed by atoms with Gasteiger partial charge in [0.25, 0.3) is 0 Å². The van der Waals surface area contributed by atoms with Crippen LogP contribution in [-0.4, -0.2) is 22.5 Å². The Morgan fingerprint density at radius 2 is 1.38 bits per heavy atom. The Bertz CT molecular complexity index is 86.6. The first-order valence-corrected chi connectivity index (χ1v) is 1.26. The molecular formula is C2H2FeO5. The van der Waals surface area contributed by atoms with Gasteiger partial charge in [0.05, 0.1) is 0 Å². The van der Waals surface area contributed by atoms with Gasteiger partial charge >= 0.3 is 12.3 Å². The van der Waals surface area contributed by atoms with Crippen LogP contribution in [0, 0.1) is 0 Å². The third kappa shape index (κ3) is 8.98. The minimum atomic E-state index is -1.81. The van der Waals surface area contributed by atoms with Gasteiger partial charge in [-0.2, -0.15) is 0 Å². The number of carbonyl (C=O) groups is 2. The number of rotatable bonds is 0. The van der Waals surface area contributed by atoms with Crippen LogP contribution in [0.1, 0.15) is 0 Å². The zero-order valence-electron chi connectivity index (χ0n) is 3.47. The Kier molecular flexibility index (Phi) is 5.68. The van der Waals surface area contributed by atoms with Crippen molar-refractivity contribution in [2.45, 2.75) is 0 Å². The molecule has 0 aliphatic rings. The number of hydrogen-bond acceptors (Lipinski definition) is 3. The third-order valence-electron chi connectivity index (χ3n) is 0.175. The van der Waals surface area contributed by atoms with E-state index in [1.54, 1.807) is 0 Å². The standard InChI is InChI=1S/C2H2O5.Fe/c3-1(4)7-2(5)6;/h(H,3,4)(H,5,6);. The van der Waals surface area contributed by atoms with Crippen molar-refractivity contribution in [3.63, 3.8) is 0 Å². The summed E-state index contributed by atoms with van der Waals surface area (Å²) in [5.74, 6) is 0. The summed E-state index contributed by atoms with van der Waals surface area (Å²) in [5.41, 5.74) is 0. The summed E-state index contributed by atoms with van der Waals surface area (Å²) in [4.78, 5) is 18.4. The van der Waals surface area contributed by atoms with Gasteiger partial charge in [-0.25, -0.2) is 9.59 Å². The van der Waals surface area contributed by atoms with Gasteiger partial charge in [0.15, 0.2) is 0 Å². The largest absolute Gasteiger partial charge is 0.516 e. The summed E-state index contributed by atoms with van der Waals surface area (Å²) in [5, 5.41) is 15.0. The maximum atomic E-state index is 9.21. The van der Waals surface area contributed by atoms with E-state index >= 15 is 0 Å². The molecule has 0 atom stereocenters. The molecule has 0 heterocycles. The van der Waals surface area contributed by atoms with Crippen molar-refractivity contribution < 1.29 is 41.6 Å². The third-order valence-corrected chi connectivity index (χ3v) is 0.175. The van der Waals surface area contributed by atoms with Crippen LogP contribution in [0.3, 0.4) is 0 Å². The second-order valence-corrected chi connectivity index (χ2v) is 0.634. The second kappa shape index (κ2) is 4.42. The van der Waals surface area contributed by atoms with Gasteiger partial charge in [0, 0.05) is 17.1 Å². The van der Waals surface area contributed by atoms with E-state index in [0.29, 0.717) is 0 Å². The van der Waals surface area contributed by atoms with Crippen molar-refractivity contribution in [2.75, 3.05) is 0 Å². The number of ether oxygens (including phenoxy) is 1. The molecule has 48 valence electrons. The Balaban J connectivity index is 0. The molecule has 0 saturated heterocycles. The first-order chi connectivity index (χ1) is 3.13. The zero-order valence-corrected chi connectivity index (χ0v) is 4.58. The molecule has 0 aromatic carbocycles. The maximum Gasteiger partial charge on any atom is 0.516 e. The predicted octanol–water partition coefficient (Wildman–Crippen LogP) is 0.356. The smallest absolute Gasteiger partial charge is 0.449 e. The Labute approximate surface area is 54.7 Å². The molecule has 0 aromatic rings. The van der Waals surface area contributed by atoms with Crippen molar-refractivity contribution >= 4 is 12.3 Å². The van der Waals surface area contributed by atoms with Crippen LogP contribution in [0.2, 0.25) is 0 Å². The summed E-state index contributed by atoms with van der Waals surface area (Å²) < 4.78 is 3.08. The van der Waals surface area contributed by atoms with Crippen LogP contribution < -0.4 is 0 Å². The van der Waals surface area contributed by atoms with E-state index in [0.717, 1.165) is 0 Å². The van der Waals surface area contributed by atoms with E-state index in [2.05, 4.69) is 4.74 Å². The molecule has 0 aliphatic heterocycles. The topological polar surface area (TPSA) is 83.8 Å². The minimum absolute atomic E-state index is 0. The molecule has 2 N–H and O–H groups in total. The van der Waals surface area contributed by atoms with Crippen LogP contribution in [0.25, 0.3) is 0 Å². The van der Waals surface area contributed by atoms with Gasteiger partial charge in [-0.05, 0) is 0 Å². The van der Waals surface area contributed by atoms with Crippen molar-refractivity contribution in [1.82, 2.24) is 0 Å². The number of hydrogen-bond donors (Lipinski definition) is 2. The average Bonchev–Trinajstić information content (AvgIpc) is 1.27. The van der Waals surface area contributed by atoms with Crippen LogP contribution in [-0.2, 0) is 21.8 Å². The minimum Gasteiger partial charge on any atom is -0.449 e. The first-order valence-electron chi connectivity index (χ1n) is 1.26. The molecule has 0 aliphatic carbocycles. The van der Waals surface area contributed by atoms with Crippen molar-refractivity contribution in [2.24, 2.45) is 0 Å². The molecule has 0 saturated carbocycles. The molecule has 0 rings (SSSR count). The van der Waals surface area contributed by atoms with Gasteiger partial charge in [-0.3, -0.25) is 0 Å². The Hall–Kier alpha value is -0.741. The van der Waals surface area contributed by atoms with E-state index in [1.807, 2.05) is 0 Å². The summed E-state index contributed by atoms with van der Waals surface area (Å²) in [6.45, 7) is 0. The predicted molar refractivity (Wildman–Crippen MR) is 17.1 cm³/mol. The summed E-state index contributed by atoms with van der Waals surface area (Å²) in [6.07, 6.45) is -3.62. The monoisotopic (exact) mass is 162 g/mol. The molecule has 0 spiro atoms. The molecule has 0 aromatic heterocycles. The van der Waals surface area contributed by atoms with Crippen molar-refractivity contribution in [3.05, 3.63) is 0 Å². The Morgan fingerprint density at radius 3 is 1.38 bits per heavy atom. The van der Waals surface area contributed by atoms with Crippen LogP contribution >= 0.6 is 0 Å². The van der Waals surface area contributed by atoms with Gasteiger partial charge in [-0.1, -0.05) is 0 Å². The van der Waals surface area contributed by atoms with E-state index in [1.165, 1.54) is 0 Å². The fourth-order valence-corrected chi connectivity index (χ4v) is 0.0747. The fraction of sp³-hybridized carbons (Fsp3) is 0. The molecule has 5 nitrogen and oxygen atoms in total. The summed E-state index contributed by atoms with van der Waals surface area (Å²) >= 11 is 0. The average molecular weight is 162 g/mol. The second-order valence-electron chi connectivity index (χ2n) is 0.634. The van der Waals surface area contributed by atoms with Gasteiger partial charge in [0.1, 0.15) is 0 Å². The van der Waals surface area contributed by atoms with Gasteiger partial charge < -0.3 is 14.9 Å². The molecule has 8 heavy (non-hydrogen) atoms. The molecule has 0 bridgehead atoms. The van der Waals surface area contributed by atoms with Gasteiger partial charge in [-0.15, -0.1) is 0 Å². The summed E-state index contributed by atoms with van der Waals surface area (Å²) in [6, 6.07) is 0. The summed E-state index contributed by atoms with van der Waals surface area (Å²) in [7, 11) is 0. The Morgan fingerprint density at radius 1 is 1.12 bits per heavy atom. The molecule has 0 amide bonds. The molecule has 6 heteroatoms.